The molecule has 0 aliphatic carbocycles. The van der Waals surface area contributed by atoms with E-state index in [4.69, 9.17) is 0 Å². The highest BCUT2D eigenvalue weighted by atomic mass is 19.3. The van der Waals surface area contributed by atoms with E-state index in [2.05, 4.69) is 20.5 Å². The lowest BCUT2D eigenvalue weighted by Gasteiger charge is -2.17. The molecule has 2 aromatic rings. The molecule has 0 bridgehead atoms. The number of carbonyl (C=O) groups excluding carboxylic acids is 1. The van der Waals surface area contributed by atoms with Gasteiger partial charge in [-0.15, -0.1) is 0 Å². The van der Waals surface area contributed by atoms with Crippen molar-refractivity contribution in [1.29, 1.82) is 0 Å². The Morgan fingerprint density at radius 2 is 2.00 bits per heavy atom. The smallest absolute Gasteiger partial charge is 0.387 e. The number of alkyl halides is 2. The van der Waals surface area contributed by atoms with Crippen molar-refractivity contribution in [3.05, 3.63) is 41.2 Å². The number of ether oxygens (including phenoxy) is 1. The minimum absolute atomic E-state index is 0.0522. The predicted molar refractivity (Wildman–Crippen MR) is 91.1 cm³/mol. The molecule has 2 N–H and O–H groups in total. The van der Waals surface area contributed by atoms with E-state index < -0.39 is 6.61 Å². The molecule has 2 rings (SSSR count). The van der Waals surface area contributed by atoms with Crippen LogP contribution < -0.4 is 15.4 Å². The Morgan fingerprint density at radius 3 is 2.56 bits per heavy atom. The highest BCUT2D eigenvalue weighted by Crippen LogP contribution is 2.22. The first-order chi connectivity index (χ1) is 11.7. The molecular formula is C17H22F2N4O2. The molecule has 6 nitrogen and oxygen atoms in total. The van der Waals surface area contributed by atoms with Crippen molar-refractivity contribution in [2.45, 2.75) is 46.9 Å². The second-order valence-corrected chi connectivity index (χ2v) is 5.96. The third kappa shape index (κ3) is 5.44. The van der Waals surface area contributed by atoms with Gasteiger partial charge in [-0.3, -0.25) is 4.68 Å². The lowest BCUT2D eigenvalue weighted by Crippen LogP contribution is -2.39. The summed E-state index contributed by atoms with van der Waals surface area (Å²) in [6.45, 7) is 5.12. The molecule has 1 atom stereocenters. The Hall–Kier alpha value is -2.64. The molecule has 2 amide bonds. The maximum atomic E-state index is 12.2. The topological polar surface area (TPSA) is 68.2 Å². The zero-order valence-electron chi connectivity index (χ0n) is 14.6. The molecular weight excluding hydrogens is 330 g/mol. The number of halogens is 2. The van der Waals surface area contributed by atoms with Crippen molar-refractivity contribution in [3.8, 4) is 5.75 Å². The number of amides is 2. The van der Waals surface area contributed by atoms with Crippen molar-refractivity contribution >= 4 is 11.7 Å². The van der Waals surface area contributed by atoms with Crippen LogP contribution in [-0.2, 0) is 6.54 Å². The van der Waals surface area contributed by atoms with Gasteiger partial charge < -0.3 is 15.4 Å². The van der Waals surface area contributed by atoms with Crippen LogP contribution in [0.15, 0.2) is 24.3 Å². The Kier molecular flexibility index (Phi) is 5.95. The summed E-state index contributed by atoms with van der Waals surface area (Å²) in [5.74, 6) is 0.0522. The quantitative estimate of drug-likeness (QED) is 0.834. The number of nitrogens with one attached hydrogen (secondary N) is 2. The Balaban J connectivity index is 1.92. The van der Waals surface area contributed by atoms with Crippen molar-refractivity contribution in [2.24, 2.45) is 0 Å². The highest BCUT2D eigenvalue weighted by Gasteiger charge is 2.12. The van der Waals surface area contributed by atoms with Crippen LogP contribution in [-0.4, -0.2) is 28.5 Å². The van der Waals surface area contributed by atoms with Crippen molar-refractivity contribution in [3.63, 3.8) is 0 Å². The van der Waals surface area contributed by atoms with Crippen LogP contribution in [0, 0.1) is 20.8 Å². The highest BCUT2D eigenvalue weighted by molar-refractivity contribution is 5.90. The van der Waals surface area contributed by atoms with E-state index in [1.54, 1.807) is 6.92 Å². The number of aryl methyl sites for hydroxylation is 3. The van der Waals surface area contributed by atoms with Crippen molar-refractivity contribution in [2.75, 3.05) is 5.32 Å². The van der Waals surface area contributed by atoms with Gasteiger partial charge in [-0.05, 0) is 57.5 Å². The van der Waals surface area contributed by atoms with Gasteiger partial charge in [0, 0.05) is 17.4 Å². The number of benzene rings is 1. The molecule has 136 valence electrons. The number of anilines is 1. The molecule has 0 aliphatic heterocycles. The monoisotopic (exact) mass is 352 g/mol. The minimum atomic E-state index is -2.88. The van der Waals surface area contributed by atoms with E-state index in [-0.39, 0.29) is 17.8 Å². The number of hydrogen-bond acceptors (Lipinski definition) is 3. The fourth-order valence-corrected chi connectivity index (χ4v) is 2.50. The molecule has 0 fully saturated rings. The van der Waals surface area contributed by atoms with Crippen LogP contribution in [0.1, 0.15) is 23.9 Å². The van der Waals surface area contributed by atoms with Gasteiger partial charge in [-0.25, -0.2) is 4.79 Å². The summed E-state index contributed by atoms with van der Waals surface area (Å²) in [5, 5.41) is 9.89. The van der Waals surface area contributed by atoms with E-state index in [9.17, 15) is 13.6 Å². The number of urea groups is 1. The molecule has 8 heteroatoms. The van der Waals surface area contributed by atoms with Gasteiger partial charge in [0.1, 0.15) is 5.75 Å². The van der Waals surface area contributed by atoms with E-state index in [0.717, 1.165) is 11.4 Å². The second-order valence-electron chi connectivity index (χ2n) is 5.96. The molecule has 25 heavy (non-hydrogen) atoms. The third-order valence-electron chi connectivity index (χ3n) is 3.60. The van der Waals surface area contributed by atoms with Gasteiger partial charge in [-0.1, -0.05) is 0 Å². The number of hydrogen-bond donors (Lipinski definition) is 2. The summed E-state index contributed by atoms with van der Waals surface area (Å²) in [6.07, 6.45) is 0. The Morgan fingerprint density at radius 1 is 1.28 bits per heavy atom. The van der Waals surface area contributed by atoms with Crippen LogP contribution in [0.2, 0.25) is 0 Å². The first-order valence-electron chi connectivity index (χ1n) is 7.88. The van der Waals surface area contributed by atoms with Crippen LogP contribution in [0.3, 0.4) is 0 Å². The van der Waals surface area contributed by atoms with Crippen molar-refractivity contribution in [1.82, 2.24) is 15.1 Å². The number of carbonyl (C=O) groups is 1. The molecule has 1 heterocycles. The second kappa shape index (κ2) is 7.96. The molecule has 0 saturated carbocycles. The van der Waals surface area contributed by atoms with Gasteiger partial charge in [0.25, 0.3) is 0 Å². The Labute approximate surface area is 145 Å². The van der Waals surface area contributed by atoms with E-state index in [1.807, 2.05) is 31.5 Å². The molecule has 1 aromatic heterocycles. The number of rotatable bonds is 6. The fraction of sp³-hybridized carbons (Fsp3) is 0.412. The van der Waals surface area contributed by atoms with E-state index >= 15 is 0 Å². The average molecular weight is 352 g/mol. The SMILES string of the molecule is Cc1cc(C)n(C[C@H](C)NC(=O)Nc2ccc(OC(F)F)cc2C)n1. The van der Waals surface area contributed by atoms with Gasteiger partial charge >= 0.3 is 12.6 Å². The van der Waals surface area contributed by atoms with E-state index in [0.29, 0.717) is 17.8 Å². The molecule has 1 aromatic carbocycles. The molecule has 0 aliphatic rings. The summed E-state index contributed by atoms with van der Waals surface area (Å²) < 4.78 is 30.6. The normalized spacial score (nSPS) is 12.1. The fourth-order valence-electron chi connectivity index (χ4n) is 2.50. The van der Waals surface area contributed by atoms with E-state index in [1.165, 1.54) is 18.2 Å². The number of aromatic nitrogens is 2. The zero-order chi connectivity index (χ0) is 18.6. The summed E-state index contributed by atoms with van der Waals surface area (Å²) in [6, 6.07) is 5.81. The largest absolute Gasteiger partial charge is 0.435 e. The molecule has 0 radical (unpaired) electrons. The lowest BCUT2D eigenvalue weighted by atomic mass is 10.2. The predicted octanol–water partition coefficient (Wildman–Crippen LogP) is 3.62. The third-order valence-corrected chi connectivity index (χ3v) is 3.60. The maximum absolute atomic E-state index is 12.2. The summed E-state index contributed by atoms with van der Waals surface area (Å²) in [7, 11) is 0. The van der Waals surface area contributed by atoms with Gasteiger partial charge in [0.05, 0.1) is 12.2 Å². The standard InChI is InChI=1S/C17H22F2N4O2/c1-10-7-14(25-16(18)19)5-6-15(10)21-17(24)20-12(3)9-23-13(4)8-11(2)22-23/h5-8,12,16H,9H2,1-4H3,(H2,20,21,24)/t12-/m0/s1. The van der Waals surface area contributed by atoms with Gasteiger partial charge in [-0.2, -0.15) is 13.9 Å². The number of nitrogens with zero attached hydrogens (tertiary/aromatic N) is 2. The van der Waals surface area contributed by atoms with Crippen LogP contribution >= 0.6 is 0 Å². The van der Waals surface area contributed by atoms with Crippen LogP contribution in [0.5, 0.6) is 5.75 Å². The molecule has 0 unspecified atom stereocenters. The molecule has 0 spiro atoms. The van der Waals surface area contributed by atoms with Crippen LogP contribution in [0.4, 0.5) is 19.3 Å². The van der Waals surface area contributed by atoms with Gasteiger partial charge in [0.15, 0.2) is 0 Å². The summed E-state index contributed by atoms with van der Waals surface area (Å²) in [4.78, 5) is 12.1. The molecule has 0 saturated heterocycles. The van der Waals surface area contributed by atoms with Crippen LogP contribution in [0.25, 0.3) is 0 Å². The first-order valence-corrected chi connectivity index (χ1v) is 7.88. The summed E-state index contributed by atoms with van der Waals surface area (Å²) >= 11 is 0. The van der Waals surface area contributed by atoms with Gasteiger partial charge in [0.2, 0.25) is 0 Å². The van der Waals surface area contributed by atoms with Crippen molar-refractivity contribution < 1.29 is 18.3 Å². The first kappa shape index (κ1) is 18.7. The minimum Gasteiger partial charge on any atom is -0.435 e. The zero-order valence-corrected chi connectivity index (χ0v) is 14.6. The maximum Gasteiger partial charge on any atom is 0.387 e. The average Bonchev–Trinajstić information content (AvgIpc) is 2.79. The lowest BCUT2D eigenvalue weighted by molar-refractivity contribution is -0.0498. The summed E-state index contributed by atoms with van der Waals surface area (Å²) in [5.41, 5.74) is 3.10. The Bertz CT molecular complexity index is 746.